The maximum atomic E-state index is 7.42. The van der Waals surface area contributed by atoms with Crippen molar-refractivity contribution in [2.75, 3.05) is 9.80 Å². The van der Waals surface area contributed by atoms with Gasteiger partial charge >= 0.3 is 0 Å². The van der Waals surface area contributed by atoms with Crippen LogP contribution in [0.3, 0.4) is 0 Å². The van der Waals surface area contributed by atoms with Gasteiger partial charge in [0.1, 0.15) is 22.7 Å². The van der Waals surface area contributed by atoms with Crippen molar-refractivity contribution in [3.05, 3.63) is 275 Å². The molecular formula is C77H74N2O2. The van der Waals surface area contributed by atoms with Gasteiger partial charge in [-0.1, -0.05) is 217 Å². The monoisotopic (exact) mass is 1060 g/mol. The van der Waals surface area contributed by atoms with Crippen LogP contribution < -0.4 is 14.5 Å². The quantitative estimate of drug-likeness (QED) is 0.136. The van der Waals surface area contributed by atoms with Gasteiger partial charge in [-0.25, -0.2) is 0 Å². The normalized spacial score (nSPS) is 14.5. The number of anilines is 6. The summed E-state index contributed by atoms with van der Waals surface area (Å²) in [6.45, 7) is 27.3. The minimum Gasteiger partial charge on any atom is -0.457 e. The molecule has 1 aliphatic rings. The van der Waals surface area contributed by atoms with E-state index in [-0.39, 0.29) is 21.7 Å². The molecule has 1 atom stereocenters. The van der Waals surface area contributed by atoms with Gasteiger partial charge in [-0.2, -0.15) is 0 Å². The van der Waals surface area contributed by atoms with Crippen LogP contribution in [0.15, 0.2) is 235 Å². The van der Waals surface area contributed by atoms with E-state index in [1.165, 1.54) is 22.3 Å². The lowest BCUT2D eigenvalue weighted by Crippen LogP contribution is -2.29. The molecule has 1 unspecified atom stereocenters. The van der Waals surface area contributed by atoms with Crippen LogP contribution in [-0.4, -0.2) is 0 Å². The maximum absolute atomic E-state index is 7.42. The summed E-state index contributed by atoms with van der Waals surface area (Å²) in [7, 11) is 0. The molecular weight excluding hydrogens is 985 g/mol. The molecule has 4 heteroatoms. The van der Waals surface area contributed by atoms with Gasteiger partial charge in [0, 0.05) is 39.4 Å². The Bertz CT molecular complexity index is 4050. The summed E-state index contributed by atoms with van der Waals surface area (Å²) in [6.07, 6.45) is 0. The highest BCUT2D eigenvalue weighted by atomic mass is 16.5. The minimum atomic E-state index is -0.886. The third kappa shape index (κ3) is 9.59. The second-order valence-electron chi connectivity index (χ2n) is 26.3. The van der Waals surface area contributed by atoms with E-state index in [2.05, 4.69) is 323 Å². The molecule has 11 aromatic rings. The summed E-state index contributed by atoms with van der Waals surface area (Å²) in [5.41, 5.74) is 19.0. The number of hydrogen-bond donors (Lipinski definition) is 0. The van der Waals surface area contributed by atoms with E-state index in [0.29, 0.717) is 0 Å². The first-order valence-electron chi connectivity index (χ1n) is 28.7. The Labute approximate surface area is 480 Å². The molecule has 10 aromatic carbocycles. The molecule has 0 bridgehead atoms. The Morgan fingerprint density at radius 1 is 0.358 bits per heavy atom. The Morgan fingerprint density at radius 3 is 1.26 bits per heavy atom. The molecule has 0 radical (unpaired) electrons. The molecule has 404 valence electrons. The van der Waals surface area contributed by atoms with Crippen LogP contribution in [-0.2, 0) is 27.1 Å². The van der Waals surface area contributed by atoms with Gasteiger partial charge in [0.05, 0.1) is 16.5 Å². The average molecular weight is 1060 g/mol. The van der Waals surface area contributed by atoms with E-state index in [4.69, 9.17) is 9.15 Å². The van der Waals surface area contributed by atoms with Gasteiger partial charge in [0.25, 0.3) is 0 Å². The van der Waals surface area contributed by atoms with Crippen LogP contribution in [0.1, 0.15) is 128 Å². The summed E-state index contributed by atoms with van der Waals surface area (Å²) < 4.78 is 14.1. The Balaban J connectivity index is 1.18. The summed E-state index contributed by atoms with van der Waals surface area (Å²) in [5.74, 6) is 1.57. The van der Waals surface area contributed by atoms with Gasteiger partial charge in [-0.05, 0) is 169 Å². The fraction of sp³-hybridized carbons (Fsp3) is 0.221. The summed E-state index contributed by atoms with van der Waals surface area (Å²) >= 11 is 0. The second kappa shape index (κ2) is 19.9. The largest absolute Gasteiger partial charge is 0.457 e. The number of ether oxygens (including phenoxy) is 1. The molecule has 0 saturated heterocycles. The second-order valence-corrected chi connectivity index (χ2v) is 26.3. The fourth-order valence-electron chi connectivity index (χ4n) is 12.2. The van der Waals surface area contributed by atoms with Crippen LogP contribution in [0.4, 0.5) is 34.1 Å². The maximum Gasteiger partial charge on any atom is 0.145 e. The molecule has 1 heterocycles. The highest BCUT2D eigenvalue weighted by molar-refractivity contribution is 6.19. The number of rotatable bonds is 10. The first kappa shape index (κ1) is 53.1. The zero-order chi connectivity index (χ0) is 56.6. The first-order chi connectivity index (χ1) is 38.7. The van der Waals surface area contributed by atoms with Crippen molar-refractivity contribution < 1.29 is 9.15 Å². The van der Waals surface area contributed by atoms with E-state index in [1.807, 2.05) is 0 Å². The molecule has 0 N–H and O–H groups in total. The highest BCUT2D eigenvalue weighted by Crippen LogP contribution is 2.62. The van der Waals surface area contributed by atoms with Gasteiger partial charge in [0.2, 0.25) is 0 Å². The summed E-state index contributed by atoms with van der Waals surface area (Å²) in [4.78, 5) is 4.85. The first-order valence-corrected chi connectivity index (χ1v) is 28.7. The van der Waals surface area contributed by atoms with Crippen molar-refractivity contribution in [3.8, 4) is 22.6 Å². The minimum absolute atomic E-state index is 0.00186. The van der Waals surface area contributed by atoms with Gasteiger partial charge in [-0.15, -0.1) is 0 Å². The Hall–Kier alpha value is -8.60. The molecule has 81 heavy (non-hydrogen) atoms. The Morgan fingerprint density at radius 2 is 0.753 bits per heavy atom. The number of para-hydroxylation sites is 3. The SMILES string of the molecule is CC(C)(C)c1ccc(Oc2ccc(C3(c4ccc(C(C)(C)C)cc4)c4cc(N(c5ccccc5)c5ccc(C(C)(C)C)cc5)ccc4-c4c3cc(N(c3ccccc3)c3ccc(C(C)(C)C)cc3)c3c4oc4ccccc43)cc2)cc1. The van der Waals surface area contributed by atoms with E-state index >= 15 is 0 Å². The predicted octanol–water partition coefficient (Wildman–Crippen LogP) is 21.9. The molecule has 0 amide bonds. The summed E-state index contributed by atoms with van der Waals surface area (Å²) in [6, 6.07) is 85.0. The molecule has 1 aliphatic carbocycles. The predicted molar refractivity (Wildman–Crippen MR) is 342 cm³/mol. The van der Waals surface area contributed by atoms with Crippen LogP contribution in [0.5, 0.6) is 11.5 Å². The lowest BCUT2D eigenvalue weighted by Gasteiger charge is -2.36. The summed E-state index contributed by atoms with van der Waals surface area (Å²) in [5, 5.41) is 2.13. The van der Waals surface area contributed by atoms with Crippen molar-refractivity contribution in [1.29, 1.82) is 0 Å². The highest BCUT2D eigenvalue weighted by Gasteiger charge is 2.49. The van der Waals surface area contributed by atoms with Crippen LogP contribution in [0.2, 0.25) is 0 Å². The van der Waals surface area contributed by atoms with Crippen molar-refractivity contribution in [2.24, 2.45) is 0 Å². The number of nitrogens with zero attached hydrogens (tertiary/aromatic N) is 2. The lowest BCUT2D eigenvalue weighted by atomic mass is 9.67. The number of fused-ring (bicyclic) bond motifs is 7. The van der Waals surface area contributed by atoms with Gasteiger partial charge < -0.3 is 19.0 Å². The van der Waals surface area contributed by atoms with E-state index in [9.17, 15) is 0 Å². The number of furan rings is 1. The number of hydrogen-bond acceptors (Lipinski definition) is 4. The third-order valence-corrected chi connectivity index (χ3v) is 16.6. The third-order valence-electron chi connectivity index (χ3n) is 16.6. The van der Waals surface area contributed by atoms with Crippen molar-refractivity contribution >= 4 is 56.1 Å². The van der Waals surface area contributed by atoms with E-state index in [0.717, 1.165) is 101 Å². The number of benzene rings is 10. The average Bonchev–Trinajstić information content (AvgIpc) is 1.88. The molecule has 4 nitrogen and oxygen atoms in total. The van der Waals surface area contributed by atoms with Gasteiger partial charge in [-0.3, -0.25) is 0 Å². The van der Waals surface area contributed by atoms with E-state index in [1.54, 1.807) is 0 Å². The van der Waals surface area contributed by atoms with Crippen LogP contribution >= 0.6 is 0 Å². The topological polar surface area (TPSA) is 28.9 Å². The molecule has 0 fully saturated rings. The molecule has 0 spiro atoms. The molecule has 12 rings (SSSR count). The fourth-order valence-corrected chi connectivity index (χ4v) is 12.2. The van der Waals surface area contributed by atoms with Crippen LogP contribution in [0.25, 0.3) is 33.1 Å². The van der Waals surface area contributed by atoms with Gasteiger partial charge in [0.15, 0.2) is 0 Å². The zero-order valence-corrected chi connectivity index (χ0v) is 49.2. The zero-order valence-electron chi connectivity index (χ0n) is 49.2. The smallest absolute Gasteiger partial charge is 0.145 e. The van der Waals surface area contributed by atoms with Crippen molar-refractivity contribution in [1.82, 2.24) is 0 Å². The van der Waals surface area contributed by atoms with Crippen molar-refractivity contribution in [3.63, 3.8) is 0 Å². The standard InChI is InChI=1S/C77H74N2O2/c1-73(2,3)51-27-29-55(30-28-51)77(56-37-46-63(47-38-56)80-62-44-35-54(36-45-62)76(10,11)12)66-49-61(78(57-21-15-13-16-22-57)59-39-31-52(32-40-59)74(4,5)6)43-48-64(66)70-67(77)50-68(71-65-25-19-20-26-69(65)81-72(70)71)79(58-23-17-14-18-24-58)60-41-33-53(34-42-60)75(7,8)9/h13-50H,1-12H3. The Kier molecular flexibility index (Phi) is 13.0. The van der Waals surface area contributed by atoms with Crippen molar-refractivity contribution in [2.45, 2.75) is 110 Å². The molecule has 1 aromatic heterocycles. The molecule has 0 aliphatic heterocycles. The van der Waals surface area contributed by atoms with E-state index < -0.39 is 5.41 Å². The van der Waals surface area contributed by atoms with Crippen LogP contribution in [0, 0.1) is 0 Å². The lowest BCUT2D eigenvalue weighted by molar-refractivity contribution is 0.481. The molecule has 0 saturated carbocycles.